The van der Waals surface area contributed by atoms with Crippen LogP contribution in [-0.2, 0) is 6.54 Å². The summed E-state index contributed by atoms with van der Waals surface area (Å²) in [6, 6.07) is 3.17. The second kappa shape index (κ2) is 6.20. The number of hydrogen-bond acceptors (Lipinski definition) is 5. The zero-order valence-electron chi connectivity index (χ0n) is 12.9. The molecule has 1 unspecified atom stereocenters. The van der Waals surface area contributed by atoms with E-state index in [1.54, 1.807) is 23.7 Å². The Morgan fingerprint density at radius 1 is 1.24 bits per heavy atom. The van der Waals surface area contributed by atoms with Crippen LogP contribution in [0.3, 0.4) is 0 Å². The molecule has 3 rings (SSSR count). The fraction of sp³-hybridized carbons (Fsp3) is 0.562. The van der Waals surface area contributed by atoms with E-state index in [2.05, 4.69) is 41.0 Å². The first kappa shape index (κ1) is 14.6. The SMILES string of the molecule is CC(C)C(C)N(Cc1csc(-c2ncccn2)n1)C1CC1. The smallest absolute Gasteiger partial charge is 0.188 e. The summed E-state index contributed by atoms with van der Waals surface area (Å²) in [5.41, 5.74) is 1.14. The molecule has 5 heteroatoms. The van der Waals surface area contributed by atoms with Crippen LogP contribution in [-0.4, -0.2) is 31.9 Å². The van der Waals surface area contributed by atoms with Crippen molar-refractivity contribution in [1.29, 1.82) is 0 Å². The van der Waals surface area contributed by atoms with E-state index in [1.807, 2.05) is 6.07 Å². The van der Waals surface area contributed by atoms with Gasteiger partial charge >= 0.3 is 0 Å². The van der Waals surface area contributed by atoms with E-state index in [0.29, 0.717) is 12.0 Å². The van der Waals surface area contributed by atoms with E-state index in [9.17, 15) is 0 Å². The highest BCUT2D eigenvalue weighted by Gasteiger charge is 2.33. The minimum absolute atomic E-state index is 0.593. The van der Waals surface area contributed by atoms with E-state index >= 15 is 0 Å². The van der Waals surface area contributed by atoms with E-state index in [4.69, 9.17) is 4.98 Å². The molecule has 0 aliphatic heterocycles. The molecule has 4 nitrogen and oxygen atoms in total. The molecular weight excluding hydrogens is 280 g/mol. The summed E-state index contributed by atoms with van der Waals surface area (Å²) in [6.07, 6.45) is 6.19. The Kier molecular flexibility index (Phi) is 4.31. The average Bonchev–Trinajstić information content (AvgIpc) is 3.23. The van der Waals surface area contributed by atoms with E-state index in [0.717, 1.165) is 29.1 Å². The third-order valence-electron chi connectivity index (χ3n) is 4.16. The highest BCUT2D eigenvalue weighted by molar-refractivity contribution is 7.13. The predicted octanol–water partition coefficient (Wildman–Crippen LogP) is 3.61. The second-order valence-electron chi connectivity index (χ2n) is 6.10. The Morgan fingerprint density at radius 2 is 1.95 bits per heavy atom. The molecule has 1 saturated carbocycles. The van der Waals surface area contributed by atoms with Crippen LogP contribution >= 0.6 is 11.3 Å². The van der Waals surface area contributed by atoms with Crippen LogP contribution in [0.2, 0.25) is 0 Å². The van der Waals surface area contributed by atoms with Gasteiger partial charge in [0, 0.05) is 36.4 Å². The van der Waals surface area contributed by atoms with Gasteiger partial charge in [-0.05, 0) is 31.7 Å². The Hall–Kier alpha value is -1.33. The maximum atomic E-state index is 4.72. The zero-order chi connectivity index (χ0) is 14.8. The van der Waals surface area contributed by atoms with Crippen molar-refractivity contribution in [3.05, 3.63) is 29.5 Å². The second-order valence-corrected chi connectivity index (χ2v) is 6.96. The van der Waals surface area contributed by atoms with Crippen molar-refractivity contribution in [3.8, 4) is 10.8 Å². The van der Waals surface area contributed by atoms with Gasteiger partial charge in [-0.1, -0.05) is 13.8 Å². The molecule has 112 valence electrons. The molecule has 0 amide bonds. The van der Waals surface area contributed by atoms with Crippen molar-refractivity contribution in [2.24, 2.45) is 5.92 Å². The molecule has 1 aliphatic rings. The minimum atomic E-state index is 0.593. The molecule has 1 aliphatic carbocycles. The molecule has 0 saturated heterocycles. The van der Waals surface area contributed by atoms with Gasteiger partial charge in [-0.15, -0.1) is 11.3 Å². The molecule has 2 heterocycles. The van der Waals surface area contributed by atoms with Gasteiger partial charge in [-0.25, -0.2) is 15.0 Å². The Balaban J connectivity index is 1.74. The molecule has 21 heavy (non-hydrogen) atoms. The Labute approximate surface area is 130 Å². The molecule has 0 bridgehead atoms. The summed E-state index contributed by atoms with van der Waals surface area (Å²) in [5.74, 6) is 1.39. The van der Waals surface area contributed by atoms with Crippen molar-refractivity contribution in [2.75, 3.05) is 0 Å². The molecule has 0 radical (unpaired) electrons. The Morgan fingerprint density at radius 3 is 2.57 bits per heavy atom. The van der Waals surface area contributed by atoms with Gasteiger partial charge in [0.05, 0.1) is 5.69 Å². The van der Waals surface area contributed by atoms with E-state index in [-0.39, 0.29) is 0 Å². The quantitative estimate of drug-likeness (QED) is 0.817. The van der Waals surface area contributed by atoms with E-state index < -0.39 is 0 Å². The fourth-order valence-electron chi connectivity index (χ4n) is 2.47. The van der Waals surface area contributed by atoms with Crippen molar-refractivity contribution in [2.45, 2.75) is 52.2 Å². The monoisotopic (exact) mass is 302 g/mol. The van der Waals surface area contributed by atoms with Crippen molar-refractivity contribution in [3.63, 3.8) is 0 Å². The molecule has 0 aromatic carbocycles. The van der Waals surface area contributed by atoms with Crippen LogP contribution in [0.5, 0.6) is 0 Å². The lowest BCUT2D eigenvalue weighted by Crippen LogP contribution is -2.38. The summed E-state index contributed by atoms with van der Waals surface area (Å²) in [6.45, 7) is 7.86. The summed E-state index contributed by atoms with van der Waals surface area (Å²) in [7, 11) is 0. The van der Waals surface area contributed by atoms with Crippen LogP contribution in [0.1, 0.15) is 39.3 Å². The predicted molar refractivity (Wildman–Crippen MR) is 86.0 cm³/mol. The first-order valence-corrected chi connectivity index (χ1v) is 8.50. The first-order chi connectivity index (χ1) is 10.1. The maximum absolute atomic E-state index is 4.72. The lowest BCUT2D eigenvalue weighted by atomic mass is 10.0. The van der Waals surface area contributed by atoms with Crippen molar-refractivity contribution < 1.29 is 0 Å². The lowest BCUT2D eigenvalue weighted by Gasteiger charge is -2.31. The fourth-order valence-corrected chi connectivity index (χ4v) is 3.23. The van der Waals surface area contributed by atoms with E-state index in [1.165, 1.54) is 12.8 Å². The molecule has 2 aromatic rings. The van der Waals surface area contributed by atoms with Crippen molar-refractivity contribution >= 4 is 11.3 Å². The van der Waals surface area contributed by atoms with Gasteiger partial charge in [0.1, 0.15) is 0 Å². The minimum Gasteiger partial charge on any atom is -0.292 e. The number of aromatic nitrogens is 3. The standard InChI is InChI=1S/C16H22N4S/c1-11(2)12(3)20(14-5-6-14)9-13-10-21-16(19-13)15-17-7-4-8-18-15/h4,7-8,10-12,14H,5-6,9H2,1-3H3. The van der Waals surface area contributed by atoms with Crippen LogP contribution in [0.25, 0.3) is 10.8 Å². The average molecular weight is 302 g/mol. The number of nitrogens with zero attached hydrogens (tertiary/aromatic N) is 4. The maximum Gasteiger partial charge on any atom is 0.188 e. The van der Waals surface area contributed by atoms with Crippen LogP contribution in [0.15, 0.2) is 23.8 Å². The highest BCUT2D eigenvalue weighted by atomic mass is 32.1. The van der Waals surface area contributed by atoms with Gasteiger partial charge in [0.2, 0.25) is 0 Å². The molecule has 2 aromatic heterocycles. The molecule has 0 spiro atoms. The molecule has 0 N–H and O–H groups in total. The normalized spacial score (nSPS) is 16.6. The molecule has 1 atom stereocenters. The first-order valence-electron chi connectivity index (χ1n) is 7.62. The summed E-state index contributed by atoms with van der Waals surface area (Å²) in [4.78, 5) is 15.9. The molecular formula is C16H22N4S. The number of rotatable bonds is 6. The number of thiazole rings is 1. The Bertz CT molecular complexity index is 577. The lowest BCUT2D eigenvalue weighted by molar-refractivity contribution is 0.149. The summed E-state index contributed by atoms with van der Waals surface area (Å²) in [5, 5.41) is 3.06. The van der Waals surface area contributed by atoms with Gasteiger partial charge in [-0.3, -0.25) is 4.90 Å². The van der Waals surface area contributed by atoms with Gasteiger partial charge in [0.25, 0.3) is 0 Å². The molecule has 1 fully saturated rings. The zero-order valence-corrected chi connectivity index (χ0v) is 13.7. The summed E-state index contributed by atoms with van der Waals surface area (Å²) >= 11 is 1.63. The van der Waals surface area contributed by atoms with Crippen LogP contribution < -0.4 is 0 Å². The highest BCUT2D eigenvalue weighted by Crippen LogP contribution is 2.32. The van der Waals surface area contributed by atoms with Crippen molar-refractivity contribution in [1.82, 2.24) is 19.9 Å². The third kappa shape index (κ3) is 3.47. The van der Waals surface area contributed by atoms with Gasteiger partial charge in [0.15, 0.2) is 10.8 Å². The topological polar surface area (TPSA) is 41.9 Å². The van der Waals surface area contributed by atoms with Crippen LogP contribution in [0, 0.1) is 5.92 Å². The third-order valence-corrected chi connectivity index (χ3v) is 5.04. The van der Waals surface area contributed by atoms with Crippen LogP contribution in [0.4, 0.5) is 0 Å². The summed E-state index contributed by atoms with van der Waals surface area (Å²) < 4.78 is 0. The largest absolute Gasteiger partial charge is 0.292 e. The van der Waals surface area contributed by atoms with Gasteiger partial charge in [-0.2, -0.15) is 0 Å². The van der Waals surface area contributed by atoms with Gasteiger partial charge < -0.3 is 0 Å². The number of hydrogen-bond donors (Lipinski definition) is 0.